The molecule has 4 heterocycles. The van der Waals surface area contributed by atoms with Crippen molar-refractivity contribution in [2.45, 2.75) is 56.2 Å². The van der Waals surface area contributed by atoms with Crippen molar-refractivity contribution >= 4 is 50.1 Å². The van der Waals surface area contributed by atoms with Crippen LogP contribution in [0.5, 0.6) is 0 Å². The van der Waals surface area contributed by atoms with Gasteiger partial charge in [0.15, 0.2) is 0 Å². The van der Waals surface area contributed by atoms with Crippen LogP contribution in [0.2, 0.25) is 5.02 Å². The molecule has 0 spiro atoms. The number of piperidine rings is 2. The molecule has 5 atom stereocenters. The zero-order valence-electron chi connectivity index (χ0n) is 21.4. The molecule has 3 amide bonds. The second kappa shape index (κ2) is 10.4. The highest BCUT2D eigenvalue weighted by Gasteiger charge is 2.60. The van der Waals surface area contributed by atoms with E-state index in [0.717, 1.165) is 4.90 Å². The Morgan fingerprint density at radius 2 is 2.02 bits per heavy atom. The number of rotatable bonds is 7. The van der Waals surface area contributed by atoms with Crippen molar-refractivity contribution in [3.8, 4) is 0 Å². The fraction of sp³-hybridized carbons (Fsp3) is 0.500. The van der Waals surface area contributed by atoms with E-state index in [0.29, 0.717) is 41.2 Å². The minimum Gasteiger partial charge on any atom is -0.356 e. The molecule has 1 aromatic carbocycles. The number of hydrogen-bond donors (Lipinski definition) is 3. The van der Waals surface area contributed by atoms with Gasteiger partial charge in [0, 0.05) is 36.6 Å². The SMILES string of the molecule is CS(=O)(=O)/C(F)=C/[C@@H](C[C@H]1CCNC1=O)NC(=O)[C@@H]1[C@H]2CC[C@H](CC2(F)F)N1C(=O)c1cc2cccc(Cl)c2[nH]1. The lowest BCUT2D eigenvalue weighted by molar-refractivity contribution is -0.179. The molecule has 3 N–H and O–H groups in total. The molecule has 40 heavy (non-hydrogen) atoms. The van der Waals surface area contributed by atoms with E-state index < -0.39 is 69.1 Å². The van der Waals surface area contributed by atoms with Crippen LogP contribution in [-0.4, -0.2) is 72.9 Å². The minimum atomic E-state index is -4.27. The van der Waals surface area contributed by atoms with Gasteiger partial charge in [0.1, 0.15) is 11.7 Å². The Bertz CT molecular complexity index is 1510. The summed E-state index contributed by atoms with van der Waals surface area (Å²) in [4.78, 5) is 43.6. The molecule has 3 aliphatic heterocycles. The first-order chi connectivity index (χ1) is 18.8. The first-order valence-corrected chi connectivity index (χ1v) is 15.2. The second-order valence-corrected chi connectivity index (χ2v) is 13.1. The number of H-pyrrole nitrogens is 1. The molecule has 6 rings (SSSR count). The van der Waals surface area contributed by atoms with Crippen LogP contribution in [0.15, 0.2) is 35.5 Å². The number of halogens is 4. The maximum Gasteiger partial charge on any atom is 0.271 e. The van der Waals surface area contributed by atoms with E-state index in [2.05, 4.69) is 15.6 Å². The van der Waals surface area contributed by atoms with Gasteiger partial charge in [0.25, 0.3) is 11.8 Å². The molecular weight excluding hydrogens is 573 g/mol. The third-order valence-corrected chi connectivity index (χ3v) is 9.15. The number of carbonyl (C=O) groups is 3. The molecule has 1 aliphatic carbocycles. The van der Waals surface area contributed by atoms with Gasteiger partial charge in [-0.2, -0.15) is 4.39 Å². The van der Waals surface area contributed by atoms with E-state index in [1.807, 2.05) is 0 Å². The van der Waals surface area contributed by atoms with Gasteiger partial charge in [0.2, 0.25) is 26.8 Å². The molecular formula is C26H28ClF3N4O5S. The second-order valence-electron chi connectivity index (χ2n) is 10.7. The van der Waals surface area contributed by atoms with Gasteiger partial charge in [0.05, 0.1) is 22.5 Å². The third-order valence-electron chi connectivity index (χ3n) is 7.99. The summed E-state index contributed by atoms with van der Waals surface area (Å²) in [6.07, 6.45) is 1.19. The average Bonchev–Trinajstić information content (AvgIpc) is 3.49. The Labute approximate surface area is 233 Å². The van der Waals surface area contributed by atoms with Crippen LogP contribution in [0.1, 0.15) is 42.6 Å². The lowest BCUT2D eigenvalue weighted by Gasteiger charge is -2.53. The van der Waals surface area contributed by atoms with Gasteiger partial charge in [-0.05, 0) is 43.9 Å². The van der Waals surface area contributed by atoms with Gasteiger partial charge in [-0.3, -0.25) is 14.4 Å². The quantitative estimate of drug-likeness (QED) is 0.449. The van der Waals surface area contributed by atoms with E-state index in [-0.39, 0.29) is 30.9 Å². The first-order valence-electron chi connectivity index (χ1n) is 12.9. The summed E-state index contributed by atoms with van der Waals surface area (Å²) in [5.41, 5.74) is 0.552. The van der Waals surface area contributed by atoms with E-state index in [1.165, 1.54) is 6.07 Å². The molecule has 216 valence electrons. The largest absolute Gasteiger partial charge is 0.356 e. The van der Waals surface area contributed by atoms with Gasteiger partial charge in [-0.25, -0.2) is 17.2 Å². The average molecular weight is 601 g/mol. The Morgan fingerprint density at radius 3 is 2.65 bits per heavy atom. The Hall–Kier alpha value is -3.06. The number of nitrogens with one attached hydrogen (secondary N) is 3. The van der Waals surface area contributed by atoms with Crippen LogP contribution in [0.4, 0.5) is 13.2 Å². The van der Waals surface area contributed by atoms with Crippen LogP contribution in [0.25, 0.3) is 10.9 Å². The van der Waals surface area contributed by atoms with Crippen molar-refractivity contribution in [3.63, 3.8) is 0 Å². The fourth-order valence-electron chi connectivity index (χ4n) is 6.07. The number of hydrogen-bond acceptors (Lipinski definition) is 5. The molecule has 0 unspecified atom stereocenters. The number of alkyl halides is 2. The summed E-state index contributed by atoms with van der Waals surface area (Å²) in [5, 5.41) is 4.55. The standard InChI is InChI=1S/C26H28ClF3N4O5S/c1-40(38,39)20(28)11-15(9-14-7-8-31-23(14)35)32-24(36)22-17-6-5-16(12-26(17,29)30)34(22)25(37)19-10-13-3-2-4-18(27)21(13)33-19/h2-4,10-11,14-17,22,33H,5-9,12H2,1H3,(H,31,35)(H,32,36)/b20-11+/t14-,15-,16-,17-,22+/m1/s1. The predicted molar refractivity (Wildman–Crippen MR) is 141 cm³/mol. The summed E-state index contributed by atoms with van der Waals surface area (Å²) in [6, 6.07) is 2.74. The number of para-hydroxylation sites is 1. The molecule has 0 radical (unpaired) electrons. The smallest absolute Gasteiger partial charge is 0.271 e. The predicted octanol–water partition coefficient (Wildman–Crippen LogP) is 3.32. The minimum absolute atomic E-state index is 0.0126. The summed E-state index contributed by atoms with van der Waals surface area (Å²) in [6.45, 7) is 0.359. The Kier molecular flexibility index (Phi) is 7.40. The van der Waals surface area contributed by atoms with Gasteiger partial charge in [-0.15, -0.1) is 0 Å². The summed E-state index contributed by atoms with van der Waals surface area (Å²) < 4.78 is 68.2. The lowest BCUT2D eigenvalue weighted by Crippen LogP contribution is -2.68. The van der Waals surface area contributed by atoms with Crippen molar-refractivity contribution in [1.29, 1.82) is 0 Å². The molecule has 3 saturated heterocycles. The highest BCUT2D eigenvalue weighted by atomic mass is 35.5. The third kappa shape index (κ3) is 5.32. The summed E-state index contributed by atoms with van der Waals surface area (Å²) in [5.74, 6) is -7.37. The molecule has 14 heteroatoms. The Morgan fingerprint density at radius 1 is 1.27 bits per heavy atom. The van der Waals surface area contributed by atoms with Crippen LogP contribution in [0.3, 0.4) is 0 Å². The van der Waals surface area contributed by atoms with Crippen LogP contribution >= 0.6 is 11.6 Å². The topological polar surface area (TPSA) is 128 Å². The maximum atomic E-state index is 15.1. The van der Waals surface area contributed by atoms with Crippen molar-refractivity contribution < 1.29 is 36.0 Å². The summed E-state index contributed by atoms with van der Waals surface area (Å²) in [7, 11) is -4.27. The molecule has 1 aromatic heterocycles. The highest BCUT2D eigenvalue weighted by Crippen LogP contribution is 2.49. The van der Waals surface area contributed by atoms with Crippen LogP contribution in [-0.2, 0) is 19.4 Å². The number of aromatic amines is 1. The monoisotopic (exact) mass is 600 g/mol. The van der Waals surface area contributed by atoms with Crippen molar-refractivity contribution in [3.05, 3.63) is 46.2 Å². The Balaban J connectivity index is 1.48. The molecule has 9 nitrogen and oxygen atoms in total. The number of benzene rings is 1. The maximum absolute atomic E-state index is 15.1. The number of amides is 3. The normalized spacial score (nSPS) is 27.1. The van der Waals surface area contributed by atoms with Gasteiger partial charge in [-0.1, -0.05) is 23.7 Å². The number of fused-ring (bicyclic) bond motifs is 4. The van der Waals surface area contributed by atoms with E-state index in [9.17, 15) is 27.2 Å². The van der Waals surface area contributed by atoms with E-state index >= 15 is 8.78 Å². The number of aromatic nitrogens is 1. The van der Waals surface area contributed by atoms with Crippen molar-refractivity contribution in [1.82, 2.24) is 20.5 Å². The lowest BCUT2D eigenvalue weighted by atomic mass is 9.71. The number of carbonyl (C=O) groups excluding carboxylic acids is 3. The highest BCUT2D eigenvalue weighted by molar-refractivity contribution is 7.94. The van der Waals surface area contributed by atoms with E-state index in [1.54, 1.807) is 18.2 Å². The zero-order valence-corrected chi connectivity index (χ0v) is 23.0. The number of nitrogens with zero attached hydrogens (tertiary/aromatic N) is 1. The van der Waals surface area contributed by atoms with Gasteiger partial charge < -0.3 is 20.5 Å². The molecule has 2 bridgehead atoms. The molecule has 1 saturated carbocycles. The van der Waals surface area contributed by atoms with Crippen molar-refractivity contribution in [2.24, 2.45) is 11.8 Å². The fourth-order valence-corrected chi connectivity index (χ4v) is 6.71. The molecule has 4 fully saturated rings. The molecule has 4 aliphatic rings. The first kappa shape index (κ1) is 28.5. The van der Waals surface area contributed by atoms with Gasteiger partial charge >= 0.3 is 0 Å². The van der Waals surface area contributed by atoms with E-state index in [4.69, 9.17) is 11.6 Å². The summed E-state index contributed by atoms with van der Waals surface area (Å²) >= 11 is 6.22. The molecule has 2 aromatic rings. The van der Waals surface area contributed by atoms with Crippen LogP contribution < -0.4 is 10.6 Å². The van der Waals surface area contributed by atoms with Crippen molar-refractivity contribution in [2.75, 3.05) is 12.8 Å². The zero-order chi connectivity index (χ0) is 29.0. The van der Waals surface area contributed by atoms with Crippen LogP contribution in [0, 0.1) is 11.8 Å². The number of sulfone groups is 1.